The van der Waals surface area contributed by atoms with E-state index in [1.807, 2.05) is 0 Å². The van der Waals surface area contributed by atoms with Crippen LogP contribution in [0, 0.1) is 11.8 Å². The number of furan rings is 1. The van der Waals surface area contributed by atoms with E-state index in [0.717, 1.165) is 36.4 Å². The summed E-state index contributed by atoms with van der Waals surface area (Å²) in [6.45, 7) is 15.4. The van der Waals surface area contributed by atoms with E-state index in [4.69, 9.17) is 4.42 Å². The molecule has 1 aliphatic rings. The number of nitrogens with zero attached hydrogens (tertiary/aromatic N) is 1. The Balaban J connectivity index is 1.78. The molecule has 1 aliphatic heterocycles. The van der Waals surface area contributed by atoms with E-state index in [-0.39, 0.29) is 5.54 Å². The second-order valence-corrected chi connectivity index (χ2v) is 7.83. The summed E-state index contributed by atoms with van der Waals surface area (Å²) in [5, 5.41) is 3.47. The van der Waals surface area contributed by atoms with Crippen molar-refractivity contribution in [1.82, 2.24) is 10.2 Å². The minimum Gasteiger partial charge on any atom is -0.463 e. The molecule has 0 bridgehead atoms. The first-order chi connectivity index (χ1) is 9.83. The van der Waals surface area contributed by atoms with Gasteiger partial charge in [0.25, 0.3) is 0 Å². The molecule has 2 heterocycles. The summed E-state index contributed by atoms with van der Waals surface area (Å²) < 4.78 is 5.95. The van der Waals surface area contributed by atoms with Crippen molar-refractivity contribution < 1.29 is 4.42 Å². The summed E-state index contributed by atoms with van der Waals surface area (Å²) in [5.74, 6) is 3.87. The van der Waals surface area contributed by atoms with Gasteiger partial charge >= 0.3 is 0 Å². The highest BCUT2D eigenvalue weighted by molar-refractivity contribution is 5.07. The second kappa shape index (κ2) is 6.97. The van der Waals surface area contributed by atoms with Crippen molar-refractivity contribution >= 4 is 0 Å². The molecular weight excluding hydrogens is 260 g/mol. The fraction of sp³-hybridized carbons (Fsp3) is 0.778. The fourth-order valence-corrected chi connectivity index (χ4v) is 2.95. The lowest BCUT2D eigenvalue weighted by Crippen LogP contribution is -2.35. The zero-order valence-corrected chi connectivity index (χ0v) is 14.4. The lowest BCUT2D eigenvalue weighted by atomic mass is 9.87. The smallest absolute Gasteiger partial charge is 0.118 e. The number of likely N-dealkylation sites (tertiary alicyclic amines) is 1. The van der Waals surface area contributed by atoms with Gasteiger partial charge in [-0.25, -0.2) is 0 Å². The van der Waals surface area contributed by atoms with Crippen LogP contribution in [0.4, 0.5) is 0 Å². The largest absolute Gasteiger partial charge is 0.463 e. The molecule has 0 unspecified atom stereocenters. The van der Waals surface area contributed by atoms with E-state index < -0.39 is 0 Å². The Labute approximate surface area is 130 Å². The van der Waals surface area contributed by atoms with Gasteiger partial charge in [0.1, 0.15) is 11.5 Å². The van der Waals surface area contributed by atoms with Crippen LogP contribution >= 0.6 is 0 Å². The molecule has 0 amide bonds. The molecule has 0 atom stereocenters. The average Bonchev–Trinajstić information content (AvgIpc) is 2.84. The summed E-state index contributed by atoms with van der Waals surface area (Å²) >= 11 is 0. The van der Waals surface area contributed by atoms with E-state index in [1.54, 1.807) is 0 Å². The summed E-state index contributed by atoms with van der Waals surface area (Å²) in [7, 11) is 0. The quantitative estimate of drug-likeness (QED) is 0.888. The molecule has 0 aromatic carbocycles. The molecule has 120 valence electrons. The van der Waals surface area contributed by atoms with Crippen molar-refractivity contribution in [2.75, 3.05) is 13.1 Å². The number of hydrogen-bond donors (Lipinski definition) is 1. The minimum absolute atomic E-state index is 0.131. The Morgan fingerprint density at radius 1 is 1.19 bits per heavy atom. The van der Waals surface area contributed by atoms with E-state index in [2.05, 4.69) is 57.0 Å². The first-order valence-corrected chi connectivity index (χ1v) is 8.38. The molecule has 2 rings (SSSR count). The third-order valence-electron chi connectivity index (χ3n) is 4.46. The Morgan fingerprint density at radius 3 is 2.38 bits per heavy atom. The predicted octanol–water partition coefficient (Wildman–Crippen LogP) is 4.04. The highest BCUT2D eigenvalue weighted by atomic mass is 16.3. The predicted molar refractivity (Wildman–Crippen MR) is 88.1 cm³/mol. The van der Waals surface area contributed by atoms with E-state index in [0.29, 0.717) is 0 Å². The molecule has 3 nitrogen and oxygen atoms in total. The van der Waals surface area contributed by atoms with Gasteiger partial charge in [-0.15, -0.1) is 0 Å². The maximum absolute atomic E-state index is 5.95. The van der Waals surface area contributed by atoms with Crippen molar-refractivity contribution in [2.24, 2.45) is 11.8 Å². The lowest BCUT2D eigenvalue weighted by Gasteiger charge is -2.33. The molecule has 1 N–H and O–H groups in total. The van der Waals surface area contributed by atoms with Gasteiger partial charge in [0, 0.05) is 5.54 Å². The van der Waals surface area contributed by atoms with Gasteiger partial charge in [-0.3, -0.25) is 4.90 Å². The number of nitrogens with one attached hydrogen (secondary N) is 1. The maximum atomic E-state index is 5.95. The summed E-state index contributed by atoms with van der Waals surface area (Å²) in [5.41, 5.74) is 0.131. The van der Waals surface area contributed by atoms with Crippen LogP contribution < -0.4 is 5.32 Å². The number of piperidine rings is 1. The summed E-state index contributed by atoms with van der Waals surface area (Å²) in [4.78, 5) is 2.53. The fourth-order valence-electron chi connectivity index (χ4n) is 2.95. The molecule has 0 spiro atoms. The van der Waals surface area contributed by atoms with Crippen molar-refractivity contribution in [3.05, 3.63) is 23.7 Å². The molecule has 0 saturated carbocycles. The molecule has 1 aromatic rings. The second-order valence-electron chi connectivity index (χ2n) is 7.83. The third-order valence-corrected chi connectivity index (χ3v) is 4.46. The van der Waals surface area contributed by atoms with Crippen LogP contribution in [0.15, 0.2) is 16.5 Å². The number of hydrogen-bond acceptors (Lipinski definition) is 3. The molecule has 21 heavy (non-hydrogen) atoms. The zero-order chi connectivity index (χ0) is 15.5. The van der Waals surface area contributed by atoms with Gasteiger partial charge in [-0.1, -0.05) is 13.8 Å². The van der Waals surface area contributed by atoms with Gasteiger partial charge in [0.15, 0.2) is 0 Å². The van der Waals surface area contributed by atoms with Crippen LogP contribution in [0.25, 0.3) is 0 Å². The maximum Gasteiger partial charge on any atom is 0.118 e. The van der Waals surface area contributed by atoms with Crippen molar-refractivity contribution in [3.8, 4) is 0 Å². The Hall–Kier alpha value is -0.800. The monoisotopic (exact) mass is 292 g/mol. The van der Waals surface area contributed by atoms with E-state index >= 15 is 0 Å². The first-order valence-electron chi connectivity index (χ1n) is 8.38. The van der Waals surface area contributed by atoms with Crippen molar-refractivity contribution in [1.29, 1.82) is 0 Å². The topological polar surface area (TPSA) is 28.4 Å². The highest BCUT2D eigenvalue weighted by Gasteiger charge is 2.22. The SMILES string of the molecule is CC(C)C1CCN(Cc2ccc(CNC(C)(C)C)o2)CC1. The van der Waals surface area contributed by atoms with Crippen LogP contribution in [0.3, 0.4) is 0 Å². The van der Waals surface area contributed by atoms with Crippen LogP contribution in [-0.4, -0.2) is 23.5 Å². The Bertz CT molecular complexity index is 423. The number of rotatable bonds is 5. The Kier molecular flexibility index (Phi) is 5.50. The Morgan fingerprint density at radius 2 is 1.81 bits per heavy atom. The molecule has 1 aromatic heterocycles. The highest BCUT2D eigenvalue weighted by Crippen LogP contribution is 2.25. The van der Waals surface area contributed by atoms with Crippen LogP contribution in [0.2, 0.25) is 0 Å². The molecule has 0 radical (unpaired) electrons. The summed E-state index contributed by atoms with van der Waals surface area (Å²) in [6, 6.07) is 4.24. The van der Waals surface area contributed by atoms with E-state index in [1.165, 1.54) is 25.9 Å². The normalized spacial score (nSPS) is 18.6. The van der Waals surface area contributed by atoms with Gasteiger partial charge < -0.3 is 9.73 Å². The first kappa shape index (κ1) is 16.6. The van der Waals surface area contributed by atoms with E-state index in [9.17, 15) is 0 Å². The molecule has 1 saturated heterocycles. The molecule has 3 heteroatoms. The average molecular weight is 292 g/mol. The molecule has 1 fully saturated rings. The summed E-state index contributed by atoms with van der Waals surface area (Å²) in [6.07, 6.45) is 2.66. The minimum atomic E-state index is 0.131. The molecular formula is C18H32N2O. The van der Waals surface area contributed by atoms with Gasteiger partial charge in [0.05, 0.1) is 13.1 Å². The zero-order valence-electron chi connectivity index (χ0n) is 14.4. The lowest BCUT2D eigenvalue weighted by molar-refractivity contribution is 0.143. The third kappa shape index (κ3) is 5.48. The van der Waals surface area contributed by atoms with Crippen molar-refractivity contribution in [3.63, 3.8) is 0 Å². The van der Waals surface area contributed by atoms with Crippen LogP contribution in [0.1, 0.15) is 59.0 Å². The van der Waals surface area contributed by atoms with Crippen LogP contribution in [0.5, 0.6) is 0 Å². The van der Waals surface area contributed by atoms with Crippen LogP contribution in [-0.2, 0) is 13.1 Å². The van der Waals surface area contributed by atoms with Crippen molar-refractivity contribution in [2.45, 2.75) is 66.1 Å². The molecule has 0 aliphatic carbocycles. The standard InChI is InChI=1S/C18H32N2O/c1-14(2)15-8-10-20(11-9-15)13-17-7-6-16(21-17)12-19-18(3,4)5/h6-7,14-15,19H,8-13H2,1-5H3. The van der Waals surface area contributed by atoms with Gasteiger partial charge in [0.2, 0.25) is 0 Å². The van der Waals surface area contributed by atoms with Gasteiger partial charge in [-0.05, 0) is 70.7 Å². The van der Waals surface area contributed by atoms with Gasteiger partial charge in [-0.2, -0.15) is 0 Å².